The van der Waals surface area contributed by atoms with Gasteiger partial charge in [0.2, 0.25) is 8.32 Å². The van der Waals surface area contributed by atoms with Gasteiger partial charge in [-0.15, -0.1) is 0 Å². The molecule has 1 saturated carbocycles. The minimum Gasteiger partial charge on any atom is -0.544 e. The predicted molar refractivity (Wildman–Crippen MR) is 86.4 cm³/mol. The monoisotopic (exact) mass is 346 g/mol. The van der Waals surface area contributed by atoms with Crippen LogP contribution in [0.1, 0.15) is 46.5 Å². The molecule has 0 aliphatic heterocycles. The zero-order valence-corrected chi connectivity index (χ0v) is 15.4. The maximum Gasteiger partial charge on any atom is 0.405 e. The second-order valence-electron chi connectivity index (χ2n) is 8.02. The number of halogens is 3. The molecule has 130 valence electrons. The van der Waals surface area contributed by atoms with Gasteiger partial charge in [-0.1, -0.05) is 20.8 Å². The minimum atomic E-state index is -4.55. The van der Waals surface area contributed by atoms with Crippen molar-refractivity contribution in [2.24, 2.45) is 5.41 Å². The van der Waals surface area contributed by atoms with Crippen molar-refractivity contribution in [2.75, 3.05) is 0 Å². The Kier molecular flexibility index (Phi) is 4.38. The smallest absolute Gasteiger partial charge is 0.405 e. The summed E-state index contributed by atoms with van der Waals surface area (Å²) in [6.07, 6.45) is -1.14. The van der Waals surface area contributed by atoms with Gasteiger partial charge in [-0.25, -0.2) is 0 Å². The molecule has 1 atom stereocenters. The molecule has 0 N–H and O–H groups in total. The number of rotatable bonds is 2. The van der Waals surface area contributed by atoms with Crippen molar-refractivity contribution >= 4 is 14.1 Å². The van der Waals surface area contributed by atoms with Crippen LogP contribution in [0, 0.1) is 5.41 Å². The summed E-state index contributed by atoms with van der Waals surface area (Å²) < 4.78 is 47.1. The quantitative estimate of drug-likeness (QED) is 0.615. The Balaban J connectivity index is 2.35. The van der Waals surface area contributed by atoms with Crippen molar-refractivity contribution in [3.05, 3.63) is 23.5 Å². The predicted octanol–water partition coefficient (Wildman–Crippen LogP) is 5.52. The van der Waals surface area contributed by atoms with Crippen LogP contribution in [0.25, 0.3) is 0 Å². The third-order valence-corrected chi connectivity index (χ3v) is 9.82. The highest BCUT2D eigenvalue weighted by atomic mass is 28.4. The number of Topliss-reactive ketones (excluding diaryl/α,β-unsaturated/α-hetero) is 1. The Hall–Kier alpha value is -1.04. The highest BCUT2D eigenvalue weighted by Gasteiger charge is 2.62. The molecule has 2 aliphatic carbocycles. The third kappa shape index (κ3) is 3.02. The summed E-state index contributed by atoms with van der Waals surface area (Å²) in [6, 6.07) is 0. The average molecular weight is 346 g/mol. The number of hydrogen-bond acceptors (Lipinski definition) is 2. The van der Waals surface area contributed by atoms with Gasteiger partial charge in [-0.2, -0.15) is 13.2 Å². The van der Waals surface area contributed by atoms with Crippen LogP contribution in [0.15, 0.2) is 23.5 Å². The van der Waals surface area contributed by atoms with Gasteiger partial charge in [-0.3, -0.25) is 4.79 Å². The van der Waals surface area contributed by atoms with Crippen LogP contribution < -0.4 is 0 Å². The van der Waals surface area contributed by atoms with Crippen LogP contribution in [0.5, 0.6) is 0 Å². The summed E-state index contributed by atoms with van der Waals surface area (Å²) in [4.78, 5) is 12.1. The lowest BCUT2D eigenvalue weighted by Gasteiger charge is -2.43. The Labute approximate surface area is 136 Å². The number of fused-ring (bicyclic) bond motifs is 1. The van der Waals surface area contributed by atoms with Gasteiger partial charge in [0.15, 0.2) is 5.78 Å². The number of ketones is 1. The molecular formula is C17H25F3O2Si. The molecule has 1 fully saturated rings. The first-order chi connectivity index (χ1) is 10.3. The molecule has 0 aromatic heterocycles. The Morgan fingerprint density at radius 2 is 1.78 bits per heavy atom. The number of carbonyl (C=O) groups is 1. The zero-order valence-electron chi connectivity index (χ0n) is 14.4. The van der Waals surface area contributed by atoms with E-state index < -0.39 is 25.7 Å². The summed E-state index contributed by atoms with van der Waals surface area (Å²) in [5.74, 6) is -0.203. The first kappa shape index (κ1) is 18.3. The third-order valence-electron chi connectivity index (χ3n) is 5.46. The number of alkyl halides is 3. The topological polar surface area (TPSA) is 26.3 Å². The first-order valence-electron chi connectivity index (χ1n) is 8.01. The standard InChI is InChI=1S/C17H25F3O2Si/c1-15(2,3)23(4,5)22-13-9-10-16(17(18,19)20)12(11-13)7-6-8-14(16)21/h9,11H,6-8,10H2,1-5H3. The highest BCUT2D eigenvalue weighted by Crippen LogP contribution is 2.55. The number of allylic oxidation sites excluding steroid dienone is 3. The van der Waals surface area contributed by atoms with Crippen LogP contribution >= 0.6 is 0 Å². The SMILES string of the molecule is CC(C)(C)[Si](C)(C)OC1=CCC2(C(F)(F)F)C(=O)CCCC2=C1. The normalized spacial score (nSPS) is 26.3. The number of carbonyl (C=O) groups excluding carboxylic acids is 1. The minimum absolute atomic E-state index is 0.00309. The second-order valence-corrected chi connectivity index (χ2v) is 12.7. The lowest BCUT2D eigenvalue weighted by molar-refractivity contribution is -0.211. The van der Waals surface area contributed by atoms with Gasteiger partial charge in [-0.05, 0) is 55.1 Å². The molecule has 0 heterocycles. The summed E-state index contributed by atoms with van der Waals surface area (Å²) in [7, 11) is -2.12. The maximum atomic E-state index is 13.6. The fraction of sp³-hybridized carbons (Fsp3) is 0.706. The zero-order chi connectivity index (χ0) is 17.7. The van der Waals surface area contributed by atoms with Gasteiger partial charge >= 0.3 is 6.18 Å². The van der Waals surface area contributed by atoms with E-state index in [4.69, 9.17) is 4.43 Å². The summed E-state index contributed by atoms with van der Waals surface area (Å²) >= 11 is 0. The molecule has 2 nitrogen and oxygen atoms in total. The van der Waals surface area contributed by atoms with E-state index >= 15 is 0 Å². The van der Waals surface area contributed by atoms with E-state index in [2.05, 4.69) is 33.9 Å². The average Bonchev–Trinajstić information content (AvgIpc) is 2.35. The fourth-order valence-electron chi connectivity index (χ4n) is 2.94. The summed E-state index contributed by atoms with van der Waals surface area (Å²) in [5, 5.41) is -0.0344. The van der Waals surface area contributed by atoms with Crippen molar-refractivity contribution < 1.29 is 22.4 Å². The van der Waals surface area contributed by atoms with Crippen LogP contribution in [0.4, 0.5) is 13.2 Å². The van der Waals surface area contributed by atoms with Crippen molar-refractivity contribution in [3.8, 4) is 0 Å². The van der Waals surface area contributed by atoms with Crippen molar-refractivity contribution in [1.29, 1.82) is 0 Å². The van der Waals surface area contributed by atoms with Crippen molar-refractivity contribution in [2.45, 2.75) is 70.8 Å². The molecule has 23 heavy (non-hydrogen) atoms. The lowest BCUT2D eigenvalue weighted by atomic mass is 9.65. The molecule has 6 heteroatoms. The second kappa shape index (κ2) is 5.50. The van der Waals surface area contributed by atoms with Gasteiger partial charge in [0.05, 0.1) is 5.76 Å². The van der Waals surface area contributed by atoms with Crippen molar-refractivity contribution in [1.82, 2.24) is 0 Å². The van der Waals surface area contributed by atoms with Crippen LogP contribution in [-0.4, -0.2) is 20.3 Å². The van der Waals surface area contributed by atoms with E-state index in [9.17, 15) is 18.0 Å². The maximum absolute atomic E-state index is 13.6. The Morgan fingerprint density at radius 1 is 1.17 bits per heavy atom. The molecule has 0 aromatic rings. The molecule has 2 rings (SSSR count). The fourth-order valence-corrected chi connectivity index (χ4v) is 3.98. The van der Waals surface area contributed by atoms with Gasteiger partial charge in [0.1, 0.15) is 5.41 Å². The van der Waals surface area contributed by atoms with Crippen molar-refractivity contribution in [3.63, 3.8) is 0 Å². The van der Waals surface area contributed by atoms with Crippen LogP contribution in [0.2, 0.25) is 18.1 Å². The summed E-state index contributed by atoms with van der Waals surface area (Å²) in [5.41, 5.74) is -2.14. The number of hydrogen-bond donors (Lipinski definition) is 0. The van der Waals surface area contributed by atoms with E-state index in [1.165, 1.54) is 12.2 Å². The van der Waals surface area contributed by atoms with E-state index in [1.807, 2.05) is 0 Å². The van der Waals surface area contributed by atoms with E-state index in [1.54, 1.807) is 0 Å². The molecular weight excluding hydrogens is 321 g/mol. The molecule has 1 unspecified atom stereocenters. The largest absolute Gasteiger partial charge is 0.544 e. The van der Waals surface area contributed by atoms with Gasteiger partial charge in [0, 0.05) is 6.42 Å². The molecule has 0 spiro atoms. The highest BCUT2D eigenvalue weighted by molar-refractivity contribution is 6.74. The molecule has 0 radical (unpaired) electrons. The van der Waals surface area contributed by atoms with Gasteiger partial charge < -0.3 is 4.43 Å². The van der Waals surface area contributed by atoms with Crippen LogP contribution in [0.3, 0.4) is 0 Å². The summed E-state index contributed by atoms with van der Waals surface area (Å²) in [6.45, 7) is 10.4. The van der Waals surface area contributed by atoms with E-state index in [0.29, 0.717) is 18.6 Å². The lowest BCUT2D eigenvalue weighted by Crippen LogP contribution is -2.49. The van der Waals surface area contributed by atoms with E-state index in [0.717, 1.165) is 0 Å². The molecule has 0 saturated heterocycles. The molecule has 0 aromatic carbocycles. The first-order valence-corrected chi connectivity index (χ1v) is 10.9. The van der Waals surface area contributed by atoms with Crippen LogP contribution in [-0.2, 0) is 9.22 Å². The molecule has 0 amide bonds. The Bertz CT molecular complexity index is 567. The Morgan fingerprint density at radius 3 is 2.30 bits per heavy atom. The van der Waals surface area contributed by atoms with E-state index in [-0.39, 0.29) is 23.5 Å². The molecule has 0 bridgehead atoms. The van der Waals surface area contributed by atoms with Gasteiger partial charge in [0.25, 0.3) is 0 Å². The molecule has 2 aliphatic rings.